The SMILES string of the molecule is CCOc1cc(C=Nc2ccc([C@@H]3Nc4ccc(C)cc4[C@H]4C=CC[C@H]43)cc2)ccc1O. The summed E-state index contributed by atoms with van der Waals surface area (Å²) in [5.74, 6) is 1.63. The van der Waals surface area contributed by atoms with Crippen LogP contribution in [0.5, 0.6) is 11.5 Å². The van der Waals surface area contributed by atoms with Crippen LogP contribution in [0.4, 0.5) is 11.4 Å². The molecule has 5 rings (SSSR count). The molecule has 3 aromatic rings. The highest BCUT2D eigenvalue weighted by molar-refractivity contribution is 5.83. The number of benzene rings is 3. The van der Waals surface area contributed by atoms with Crippen LogP contribution in [0.3, 0.4) is 0 Å². The zero-order valence-electron chi connectivity index (χ0n) is 18.5. The molecule has 2 aliphatic rings. The van der Waals surface area contributed by atoms with Crippen molar-refractivity contribution in [2.24, 2.45) is 10.9 Å². The number of nitrogens with zero attached hydrogens (tertiary/aromatic N) is 1. The summed E-state index contributed by atoms with van der Waals surface area (Å²) in [6, 6.07) is 20.8. The highest BCUT2D eigenvalue weighted by Gasteiger charge is 2.37. The summed E-state index contributed by atoms with van der Waals surface area (Å²) in [5.41, 5.74) is 7.04. The first-order valence-electron chi connectivity index (χ1n) is 11.3. The number of anilines is 1. The Labute approximate surface area is 189 Å². The van der Waals surface area contributed by atoms with Crippen LogP contribution in [0, 0.1) is 12.8 Å². The first kappa shape index (κ1) is 20.4. The highest BCUT2D eigenvalue weighted by atomic mass is 16.5. The molecule has 162 valence electrons. The molecule has 3 aromatic carbocycles. The van der Waals surface area contributed by atoms with E-state index in [1.165, 1.54) is 22.4 Å². The van der Waals surface area contributed by atoms with Crippen LogP contribution in [-0.4, -0.2) is 17.9 Å². The van der Waals surface area contributed by atoms with E-state index < -0.39 is 0 Å². The Bertz CT molecular complexity index is 1180. The normalized spacial score (nSPS) is 21.2. The number of ether oxygens (including phenoxy) is 1. The monoisotopic (exact) mass is 424 g/mol. The molecular weight excluding hydrogens is 396 g/mol. The minimum atomic E-state index is 0.143. The number of phenols is 1. The zero-order chi connectivity index (χ0) is 22.1. The van der Waals surface area contributed by atoms with Gasteiger partial charge >= 0.3 is 0 Å². The molecule has 0 unspecified atom stereocenters. The highest BCUT2D eigenvalue weighted by Crippen LogP contribution is 2.50. The molecule has 4 nitrogen and oxygen atoms in total. The van der Waals surface area contributed by atoms with Crippen LogP contribution >= 0.6 is 0 Å². The fraction of sp³-hybridized carbons (Fsp3) is 0.250. The van der Waals surface area contributed by atoms with Crippen molar-refractivity contribution in [3.63, 3.8) is 0 Å². The second kappa shape index (κ2) is 8.54. The van der Waals surface area contributed by atoms with Gasteiger partial charge in [0.2, 0.25) is 0 Å². The Morgan fingerprint density at radius 3 is 2.75 bits per heavy atom. The average molecular weight is 425 g/mol. The van der Waals surface area contributed by atoms with E-state index in [1.54, 1.807) is 18.3 Å². The number of hydrogen-bond acceptors (Lipinski definition) is 4. The molecule has 4 heteroatoms. The van der Waals surface area contributed by atoms with Crippen LogP contribution in [-0.2, 0) is 0 Å². The van der Waals surface area contributed by atoms with Crippen LogP contribution in [0.2, 0.25) is 0 Å². The van der Waals surface area contributed by atoms with E-state index in [-0.39, 0.29) is 11.8 Å². The van der Waals surface area contributed by atoms with Gasteiger partial charge in [0.1, 0.15) is 0 Å². The van der Waals surface area contributed by atoms with E-state index >= 15 is 0 Å². The predicted octanol–water partition coefficient (Wildman–Crippen LogP) is 6.68. The number of aliphatic imine (C=N–C) groups is 1. The fourth-order valence-electron chi connectivity index (χ4n) is 4.84. The molecule has 1 aliphatic carbocycles. The van der Waals surface area contributed by atoms with Crippen molar-refractivity contribution in [1.82, 2.24) is 0 Å². The van der Waals surface area contributed by atoms with E-state index in [4.69, 9.17) is 4.74 Å². The van der Waals surface area contributed by atoms with Crippen molar-refractivity contribution >= 4 is 17.6 Å². The molecule has 0 spiro atoms. The van der Waals surface area contributed by atoms with Crippen LogP contribution in [0.15, 0.2) is 77.8 Å². The van der Waals surface area contributed by atoms with Gasteiger partial charge in [0.15, 0.2) is 11.5 Å². The fourth-order valence-corrected chi connectivity index (χ4v) is 4.84. The van der Waals surface area contributed by atoms with Crippen LogP contribution in [0.1, 0.15) is 47.6 Å². The number of hydrogen-bond donors (Lipinski definition) is 2. The first-order valence-corrected chi connectivity index (χ1v) is 11.3. The Balaban J connectivity index is 1.35. The number of phenolic OH excluding ortho intramolecular Hbond substituents is 1. The molecule has 0 amide bonds. The molecule has 0 aromatic heterocycles. The molecule has 0 fully saturated rings. The smallest absolute Gasteiger partial charge is 0.161 e. The lowest BCUT2D eigenvalue weighted by atomic mass is 9.76. The molecule has 32 heavy (non-hydrogen) atoms. The number of fused-ring (bicyclic) bond motifs is 3. The molecule has 0 radical (unpaired) electrons. The number of aryl methyl sites for hydroxylation is 1. The maximum atomic E-state index is 9.87. The third-order valence-corrected chi connectivity index (χ3v) is 6.42. The number of allylic oxidation sites excluding steroid dienone is 2. The van der Waals surface area contributed by atoms with Gasteiger partial charge in [0.05, 0.1) is 18.3 Å². The molecular formula is C28H28N2O2. The average Bonchev–Trinajstić information content (AvgIpc) is 3.30. The van der Waals surface area contributed by atoms with E-state index in [2.05, 4.69) is 71.8 Å². The van der Waals surface area contributed by atoms with Crippen LogP contribution < -0.4 is 10.1 Å². The largest absolute Gasteiger partial charge is 0.504 e. The van der Waals surface area contributed by atoms with Crippen molar-refractivity contribution < 1.29 is 9.84 Å². The van der Waals surface area contributed by atoms with E-state index in [0.29, 0.717) is 24.2 Å². The summed E-state index contributed by atoms with van der Waals surface area (Å²) >= 11 is 0. The minimum absolute atomic E-state index is 0.143. The van der Waals surface area contributed by atoms with Crippen molar-refractivity contribution in [3.05, 3.63) is 95.1 Å². The zero-order valence-corrected chi connectivity index (χ0v) is 18.5. The molecule has 2 N–H and O–H groups in total. The summed E-state index contributed by atoms with van der Waals surface area (Å²) in [6.45, 7) is 4.56. The third-order valence-electron chi connectivity index (χ3n) is 6.42. The lowest BCUT2D eigenvalue weighted by Gasteiger charge is -2.37. The molecule has 3 atom stereocenters. The van der Waals surface area contributed by atoms with Gasteiger partial charge in [0, 0.05) is 17.8 Å². The predicted molar refractivity (Wildman–Crippen MR) is 131 cm³/mol. The molecule has 0 saturated carbocycles. The van der Waals surface area contributed by atoms with Gasteiger partial charge in [-0.3, -0.25) is 4.99 Å². The number of aromatic hydroxyl groups is 1. The quantitative estimate of drug-likeness (QED) is 0.355. The Morgan fingerprint density at radius 1 is 1.09 bits per heavy atom. The maximum Gasteiger partial charge on any atom is 0.161 e. The second-order valence-corrected chi connectivity index (χ2v) is 8.58. The van der Waals surface area contributed by atoms with Gasteiger partial charge in [-0.2, -0.15) is 0 Å². The Kier molecular flexibility index (Phi) is 5.44. The molecule has 0 bridgehead atoms. The third kappa shape index (κ3) is 3.89. The van der Waals surface area contributed by atoms with Gasteiger partial charge in [-0.05, 0) is 79.3 Å². The maximum absolute atomic E-state index is 9.87. The van der Waals surface area contributed by atoms with Gasteiger partial charge in [0.25, 0.3) is 0 Å². The minimum Gasteiger partial charge on any atom is -0.504 e. The van der Waals surface area contributed by atoms with Crippen molar-refractivity contribution in [2.45, 2.75) is 32.2 Å². The number of rotatable bonds is 5. The summed E-state index contributed by atoms with van der Waals surface area (Å²) in [7, 11) is 0. The lowest BCUT2D eigenvalue weighted by Crippen LogP contribution is -2.29. The summed E-state index contributed by atoms with van der Waals surface area (Å²) < 4.78 is 5.45. The molecule has 1 heterocycles. The van der Waals surface area contributed by atoms with Crippen molar-refractivity contribution in [2.75, 3.05) is 11.9 Å². The standard InChI is InChI=1S/C28H28N2O2/c1-3-32-27-16-19(8-14-26(27)31)17-29-21-11-9-20(10-12-21)28-23-6-4-5-22(23)24-15-18(2)7-13-25(24)30-28/h4-5,7-17,22-23,28,30-31H,3,6H2,1-2H3/t22-,23+,28-/m0/s1. The Hall–Kier alpha value is -3.53. The van der Waals surface area contributed by atoms with Crippen molar-refractivity contribution in [3.8, 4) is 11.5 Å². The van der Waals surface area contributed by atoms with E-state index in [1.807, 2.05) is 13.0 Å². The number of nitrogens with one attached hydrogen (secondary N) is 1. The van der Waals surface area contributed by atoms with E-state index in [9.17, 15) is 5.11 Å². The summed E-state index contributed by atoms with van der Waals surface area (Å²) in [4.78, 5) is 4.61. The topological polar surface area (TPSA) is 53.8 Å². The summed E-state index contributed by atoms with van der Waals surface area (Å²) in [6.07, 6.45) is 7.60. The molecule has 1 aliphatic heterocycles. The lowest BCUT2D eigenvalue weighted by molar-refractivity contribution is 0.318. The second-order valence-electron chi connectivity index (χ2n) is 8.58. The first-order chi connectivity index (χ1) is 15.6. The van der Waals surface area contributed by atoms with Gasteiger partial charge in [-0.15, -0.1) is 0 Å². The van der Waals surface area contributed by atoms with E-state index in [0.717, 1.165) is 17.7 Å². The van der Waals surface area contributed by atoms with Crippen LogP contribution in [0.25, 0.3) is 0 Å². The van der Waals surface area contributed by atoms with Crippen molar-refractivity contribution in [1.29, 1.82) is 0 Å². The van der Waals surface area contributed by atoms with Gasteiger partial charge in [-0.25, -0.2) is 0 Å². The van der Waals surface area contributed by atoms with Gasteiger partial charge in [-0.1, -0.05) is 42.0 Å². The summed E-state index contributed by atoms with van der Waals surface area (Å²) in [5, 5.41) is 13.7. The Morgan fingerprint density at radius 2 is 1.94 bits per heavy atom. The molecule has 0 saturated heterocycles. The van der Waals surface area contributed by atoms with Gasteiger partial charge < -0.3 is 15.2 Å².